The van der Waals surface area contributed by atoms with Crippen LogP contribution >= 0.6 is 34.3 Å². The molecule has 5 rings (SSSR count). The summed E-state index contributed by atoms with van der Waals surface area (Å²) in [5.41, 5.74) is 2.05. The fourth-order valence-corrected chi connectivity index (χ4v) is 6.29. The second-order valence-corrected chi connectivity index (χ2v) is 11.2. The van der Waals surface area contributed by atoms with Crippen molar-refractivity contribution in [2.75, 3.05) is 6.61 Å². The lowest BCUT2D eigenvalue weighted by Crippen LogP contribution is -2.39. The van der Waals surface area contributed by atoms with E-state index in [-0.39, 0.29) is 18.3 Å². The molecule has 0 N–H and O–H groups in total. The monoisotopic (exact) mass is 564 g/mol. The Morgan fingerprint density at radius 2 is 1.95 bits per heavy atom. The molecule has 4 aromatic rings. The van der Waals surface area contributed by atoms with Crippen LogP contribution in [0.4, 0.5) is 0 Å². The Morgan fingerprint density at radius 3 is 2.63 bits per heavy atom. The van der Waals surface area contributed by atoms with Crippen molar-refractivity contribution in [2.45, 2.75) is 32.9 Å². The van der Waals surface area contributed by atoms with E-state index in [2.05, 4.69) is 0 Å². The second-order valence-electron chi connectivity index (χ2n) is 8.80. The van der Waals surface area contributed by atoms with Crippen molar-refractivity contribution in [3.05, 3.63) is 112 Å². The Labute approximate surface area is 232 Å². The number of thiazole rings is 1. The number of esters is 1. The van der Waals surface area contributed by atoms with Gasteiger partial charge in [-0.15, -0.1) is 11.3 Å². The lowest BCUT2D eigenvalue weighted by atomic mass is 9.97. The van der Waals surface area contributed by atoms with Crippen LogP contribution in [0.2, 0.25) is 5.02 Å². The molecule has 2 aromatic carbocycles. The van der Waals surface area contributed by atoms with Gasteiger partial charge in [-0.3, -0.25) is 9.36 Å². The SMILES string of the molecule is CCOC(=O)C1=C(c2ccccc2)N=c2s/c(=C\c3cc(Cl)ccc3OC(C)C)c(=O)n2[C@@H]1c1cccs1. The van der Waals surface area contributed by atoms with E-state index < -0.39 is 12.0 Å². The first-order chi connectivity index (χ1) is 18.4. The minimum absolute atomic E-state index is 0.0519. The predicted octanol–water partition coefficient (Wildman–Crippen LogP) is 5.44. The summed E-state index contributed by atoms with van der Waals surface area (Å²) in [5, 5.41) is 2.46. The topological polar surface area (TPSA) is 69.9 Å². The van der Waals surface area contributed by atoms with Crippen LogP contribution < -0.4 is 19.6 Å². The number of carbonyl (C=O) groups excluding carboxylic acids is 1. The third-order valence-corrected chi connectivity index (χ3v) is 7.95. The maximum Gasteiger partial charge on any atom is 0.338 e. The van der Waals surface area contributed by atoms with Gasteiger partial charge in [0.1, 0.15) is 11.8 Å². The fraction of sp³-hybridized carbons (Fsp3) is 0.207. The first-order valence-corrected chi connectivity index (χ1v) is 14.2. The van der Waals surface area contributed by atoms with E-state index in [0.717, 1.165) is 10.4 Å². The van der Waals surface area contributed by atoms with Crippen molar-refractivity contribution in [1.82, 2.24) is 4.57 Å². The van der Waals surface area contributed by atoms with Gasteiger partial charge < -0.3 is 9.47 Å². The molecular formula is C29H25ClN2O4S2. The van der Waals surface area contributed by atoms with E-state index in [1.54, 1.807) is 35.8 Å². The van der Waals surface area contributed by atoms with Crippen LogP contribution in [0.5, 0.6) is 5.75 Å². The molecule has 2 aromatic heterocycles. The van der Waals surface area contributed by atoms with Crippen LogP contribution in [-0.4, -0.2) is 23.2 Å². The highest BCUT2D eigenvalue weighted by molar-refractivity contribution is 7.10. The van der Waals surface area contributed by atoms with Crippen molar-refractivity contribution in [3.8, 4) is 5.75 Å². The third kappa shape index (κ3) is 5.12. The molecule has 0 unspecified atom stereocenters. The molecule has 0 saturated carbocycles. The average Bonchev–Trinajstić information content (AvgIpc) is 3.54. The first-order valence-electron chi connectivity index (χ1n) is 12.2. The number of ether oxygens (including phenoxy) is 2. The van der Waals surface area contributed by atoms with E-state index in [0.29, 0.717) is 36.9 Å². The number of rotatable bonds is 7. The Hall–Kier alpha value is -3.46. The zero-order valence-electron chi connectivity index (χ0n) is 21.0. The highest BCUT2D eigenvalue weighted by Gasteiger charge is 2.35. The molecule has 0 fully saturated rings. The fourth-order valence-electron chi connectivity index (χ4n) is 4.29. The summed E-state index contributed by atoms with van der Waals surface area (Å²) in [6.45, 7) is 5.85. The van der Waals surface area contributed by atoms with E-state index in [4.69, 9.17) is 26.1 Å². The van der Waals surface area contributed by atoms with E-state index in [1.807, 2.05) is 61.7 Å². The van der Waals surface area contributed by atoms with Gasteiger partial charge in [0.15, 0.2) is 4.80 Å². The lowest BCUT2D eigenvalue weighted by Gasteiger charge is -2.24. The molecule has 0 saturated heterocycles. The summed E-state index contributed by atoms with van der Waals surface area (Å²) >= 11 is 9.03. The van der Waals surface area contributed by atoms with Gasteiger partial charge in [0.25, 0.3) is 5.56 Å². The normalized spacial score (nSPS) is 15.4. The van der Waals surface area contributed by atoms with Gasteiger partial charge in [0.05, 0.1) is 28.5 Å². The van der Waals surface area contributed by atoms with E-state index in [1.165, 1.54) is 22.7 Å². The highest BCUT2D eigenvalue weighted by Crippen LogP contribution is 2.37. The molecule has 6 nitrogen and oxygen atoms in total. The first kappa shape index (κ1) is 26.2. The quantitative estimate of drug-likeness (QED) is 0.280. The number of thiophene rings is 1. The van der Waals surface area contributed by atoms with Crippen LogP contribution in [-0.2, 0) is 9.53 Å². The zero-order chi connectivity index (χ0) is 26.8. The van der Waals surface area contributed by atoms with E-state index >= 15 is 0 Å². The Balaban J connectivity index is 1.79. The molecule has 1 aliphatic heterocycles. The summed E-state index contributed by atoms with van der Waals surface area (Å²) < 4.78 is 13.5. The molecule has 9 heteroatoms. The predicted molar refractivity (Wildman–Crippen MR) is 153 cm³/mol. The number of hydrogen-bond acceptors (Lipinski definition) is 7. The van der Waals surface area contributed by atoms with Gasteiger partial charge in [-0.25, -0.2) is 9.79 Å². The molecular weight excluding hydrogens is 540 g/mol. The molecule has 1 aliphatic rings. The van der Waals surface area contributed by atoms with Crippen LogP contribution in [0.15, 0.2) is 81.4 Å². The van der Waals surface area contributed by atoms with Crippen LogP contribution in [0.1, 0.15) is 42.8 Å². The molecule has 0 amide bonds. The summed E-state index contributed by atoms with van der Waals surface area (Å²) in [4.78, 5) is 33.6. The maximum absolute atomic E-state index is 13.9. The van der Waals surface area contributed by atoms with Crippen molar-refractivity contribution in [3.63, 3.8) is 0 Å². The standard InChI is InChI=1S/C29H25ClN2O4S2/c1-4-35-28(34)24-25(18-9-6-5-7-10-18)31-29-32(26(24)22-11-8-14-37-22)27(33)23(38-29)16-19-15-20(30)12-13-21(19)36-17(2)3/h5-17,26H,4H2,1-3H3/b23-16-/t26-/m1/s1. The molecule has 38 heavy (non-hydrogen) atoms. The number of aromatic nitrogens is 1. The lowest BCUT2D eigenvalue weighted by molar-refractivity contribution is -0.138. The number of hydrogen-bond donors (Lipinski definition) is 0. The Kier molecular flexibility index (Phi) is 7.65. The van der Waals surface area contributed by atoms with Crippen molar-refractivity contribution < 1.29 is 14.3 Å². The van der Waals surface area contributed by atoms with Crippen LogP contribution in [0, 0.1) is 0 Å². The molecule has 0 bridgehead atoms. The highest BCUT2D eigenvalue weighted by atomic mass is 35.5. The number of carbonyl (C=O) groups is 1. The van der Waals surface area contributed by atoms with Gasteiger partial charge in [-0.05, 0) is 56.5 Å². The number of benzene rings is 2. The van der Waals surface area contributed by atoms with Crippen molar-refractivity contribution in [2.24, 2.45) is 4.99 Å². The Morgan fingerprint density at radius 1 is 1.16 bits per heavy atom. The van der Waals surface area contributed by atoms with Crippen LogP contribution in [0.25, 0.3) is 11.8 Å². The summed E-state index contributed by atoms with van der Waals surface area (Å²) in [7, 11) is 0. The summed E-state index contributed by atoms with van der Waals surface area (Å²) in [5.74, 6) is 0.132. The van der Waals surface area contributed by atoms with Crippen molar-refractivity contribution in [1.29, 1.82) is 0 Å². The molecule has 1 atom stereocenters. The minimum atomic E-state index is -0.673. The average molecular weight is 565 g/mol. The van der Waals surface area contributed by atoms with Gasteiger partial charge in [0.2, 0.25) is 0 Å². The smallest absolute Gasteiger partial charge is 0.338 e. The summed E-state index contributed by atoms with van der Waals surface area (Å²) in [6, 6.07) is 18.0. The molecule has 3 heterocycles. The minimum Gasteiger partial charge on any atom is -0.490 e. The number of fused-ring (bicyclic) bond motifs is 1. The third-order valence-electron chi connectivity index (χ3n) is 5.81. The Bertz CT molecular complexity index is 1690. The van der Waals surface area contributed by atoms with Gasteiger partial charge >= 0.3 is 5.97 Å². The second kappa shape index (κ2) is 11.1. The zero-order valence-corrected chi connectivity index (χ0v) is 23.4. The number of nitrogens with zero attached hydrogens (tertiary/aromatic N) is 2. The van der Waals surface area contributed by atoms with Gasteiger partial charge in [-0.2, -0.15) is 0 Å². The van der Waals surface area contributed by atoms with Gasteiger partial charge in [-0.1, -0.05) is 59.3 Å². The molecule has 194 valence electrons. The molecule has 0 spiro atoms. The molecule has 0 radical (unpaired) electrons. The number of halogens is 1. The van der Waals surface area contributed by atoms with E-state index in [9.17, 15) is 9.59 Å². The van der Waals surface area contributed by atoms with Gasteiger partial charge in [0, 0.05) is 21.0 Å². The maximum atomic E-state index is 13.9. The largest absolute Gasteiger partial charge is 0.490 e. The van der Waals surface area contributed by atoms with Crippen LogP contribution in [0.3, 0.4) is 0 Å². The molecule has 0 aliphatic carbocycles. The van der Waals surface area contributed by atoms with Crippen molar-refractivity contribution >= 4 is 52.0 Å². The summed E-state index contributed by atoms with van der Waals surface area (Å²) in [6.07, 6.45) is 1.72.